The molecule has 0 aliphatic carbocycles. The van der Waals surface area contributed by atoms with Crippen molar-refractivity contribution in [1.82, 2.24) is 0 Å². The van der Waals surface area contributed by atoms with Crippen LogP contribution in [0, 0.1) is 5.92 Å². The van der Waals surface area contributed by atoms with Crippen LogP contribution in [0.1, 0.15) is 79.7 Å². The molecule has 0 aliphatic rings. The number of hydrogen-bond donors (Lipinski definition) is 2. The van der Waals surface area contributed by atoms with Gasteiger partial charge in [0.15, 0.2) is 11.5 Å². The Hall–Kier alpha value is -3.54. The van der Waals surface area contributed by atoms with E-state index in [1.54, 1.807) is 41.5 Å². The van der Waals surface area contributed by atoms with E-state index in [0.29, 0.717) is 18.4 Å². The highest BCUT2D eigenvalue weighted by molar-refractivity contribution is 5.75. The van der Waals surface area contributed by atoms with Crippen molar-refractivity contribution in [3.8, 4) is 11.5 Å². The molecule has 39 heavy (non-hydrogen) atoms. The summed E-state index contributed by atoms with van der Waals surface area (Å²) < 4.78 is 31.2. The summed E-state index contributed by atoms with van der Waals surface area (Å²) in [5, 5.41) is 9.67. The average molecular weight is 556 g/mol. The van der Waals surface area contributed by atoms with Gasteiger partial charge in [0.1, 0.15) is 23.9 Å². The zero-order valence-corrected chi connectivity index (χ0v) is 23.8. The average Bonchev–Trinajstić information content (AvgIpc) is 2.82. The summed E-state index contributed by atoms with van der Waals surface area (Å²) in [5.74, 6) is -3.22. The van der Waals surface area contributed by atoms with Crippen LogP contribution in [0.25, 0.3) is 0 Å². The zero-order valence-electron chi connectivity index (χ0n) is 23.8. The molecule has 4 unspecified atom stereocenters. The molecule has 1 aromatic carbocycles. The number of carboxylic acids is 1. The van der Waals surface area contributed by atoms with Gasteiger partial charge in [-0.15, -0.1) is 0 Å². The topological polar surface area (TPSA) is 170 Å². The third-order valence-corrected chi connectivity index (χ3v) is 5.62. The van der Waals surface area contributed by atoms with E-state index in [4.69, 9.17) is 34.2 Å². The van der Waals surface area contributed by atoms with Crippen LogP contribution in [0.3, 0.4) is 0 Å². The molecule has 0 saturated heterocycles. The molecular formula is C27H41NO11. The van der Waals surface area contributed by atoms with Crippen LogP contribution in [-0.4, -0.2) is 60.0 Å². The predicted molar refractivity (Wildman–Crippen MR) is 140 cm³/mol. The molecule has 0 saturated carbocycles. The number of rotatable bonds is 12. The molecule has 0 bridgehead atoms. The maximum absolute atomic E-state index is 12.4. The van der Waals surface area contributed by atoms with Crippen molar-refractivity contribution in [3.63, 3.8) is 0 Å². The molecule has 5 atom stereocenters. The number of hydrogen-bond acceptors (Lipinski definition) is 11. The SMILES string of the molecule is CCC(C)OC(=O)Oc1ccc(C(C(C)COC(=O)OC(C)(C)C)[C@H](N)C(=O)O)cc1OC(=O)OC(C)CC. The van der Waals surface area contributed by atoms with E-state index in [1.807, 2.05) is 13.8 Å². The first-order chi connectivity index (χ1) is 18.1. The molecule has 3 N–H and O–H groups in total. The normalized spacial score (nSPS) is 15.1. The van der Waals surface area contributed by atoms with Gasteiger partial charge < -0.3 is 39.3 Å². The molecule has 0 aliphatic heterocycles. The van der Waals surface area contributed by atoms with Gasteiger partial charge in [-0.25, -0.2) is 14.4 Å². The number of nitrogens with two attached hydrogens (primary N) is 1. The molecule has 220 valence electrons. The quantitative estimate of drug-likeness (QED) is 0.191. The van der Waals surface area contributed by atoms with Gasteiger partial charge in [-0.3, -0.25) is 4.79 Å². The number of carbonyl (C=O) groups is 4. The van der Waals surface area contributed by atoms with Gasteiger partial charge >= 0.3 is 24.4 Å². The second-order valence-corrected chi connectivity index (χ2v) is 10.2. The summed E-state index contributed by atoms with van der Waals surface area (Å²) in [6.45, 7) is 13.5. The van der Waals surface area contributed by atoms with Gasteiger partial charge in [-0.1, -0.05) is 26.8 Å². The highest BCUT2D eigenvalue weighted by Gasteiger charge is 2.33. The fraction of sp³-hybridized carbons (Fsp3) is 0.630. The number of carboxylic acid groups (broad SMARTS) is 1. The summed E-state index contributed by atoms with van der Waals surface area (Å²) in [6, 6.07) is 2.68. The van der Waals surface area contributed by atoms with Gasteiger partial charge in [-0.2, -0.15) is 0 Å². The molecule has 12 heteroatoms. The van der Waals surface area contributed by atoms with Crippen LogP contribution in [0.2, 0.25) is 0 Å². The van der Waals surface area contributed by atoms with E-state index in [2.05, 4.69) is 0 Å². The van der Waals surface area contributed by atoms with Crippen molar-refractivity contribution in [3.05, 3.63) is 23.8 Å². The first-order valence-corrected chi connectivity index (χ1v) is 12.8. The minimum Gasteiger partial charge on any atom is -0.480 e. The Morgan fingerprint density at radius 3 is 1.85 bits per heavy atom. The fourth-order valence-corrected chi connectivity index (χ4v) is 3.24. The number of carbonyl (C=O) groups excluding carboxylic acids is 3. The lowest BCUT2D eigenvalue weighted by atomic mass is 9.82. The standard InChI is InChI=1S/C27H41NO11/c1-9-16(4)35-25(32)37-19-12-11-18(13-20(19)38-26(33)36-17(5)10-2)21(22(28)23(29)30)15(3)14-34-24(31)39-27(6,7)8/h11-13,15-17,21-22H,9-10,14,28H2,1-8H3,(H,29,30)/t15?,16?,17?,21?,22-/m0/s1. The van der Waals surface area contributed by atoms with Crippen LogP contribution in [-0.2, 0) is 23.7 Å². The third-order valence-electron chi connectivity index (χ3n) is 5.62. The van der Waals surface area contributed by atoms with Crippen LogP contribution < -0.4 is 15.2 Å². The number of benzene rings is 1. The molecule has 1 rings (SSSR count). The summed E-state index contributed by atoms with van der Waals surface area (Å²) in [7, 11) is 0. The maximum atomic E-state index is 12.4. The minimum atomic E-state index is -1.43. The highest BCUT2D eigenvalue weighted by Crippen LogP contribution is 2.36. The first kappa shape index (κ1) is 33.5. The summed E-state index contributed by atoms with van der Waals surface area (Å²) >= 11 is 0. The zero-order chi connectivity index (χ0) is 29.9. The van der Waals surface area contributed by atoms with Crippen LogP contribution in [0.5, 0.6) is 11.5 Å². The predicted octanol–water partition coefficient (Wildman–Crippen LogP) is 5.40. The Kier molecular flexibility index (Phi) is 13.0. The maximum Gasteiger partial charge on any atom is 0.514 e. The summed E-state index contributed by atoms with van der Waals surface area (Å²) in [6.07, 6.45) is -2.77. The van der Waals surface area contributed by atoms with Gasteiger partial charge in [0.05, 0.1) is 6.61 Å². The smallest absolute Gasteiger partial charge is 0.480 e. The Bertz CT molecular complexity index is 988. The van der Waals surface area contributed by atoms with Crippen molar-refractivity contribution in [2.24, 2.45) is 11.7 Å². The van der Waals surface area contributed by atoms with Crippen LogP contribution >= 0.6 is 0 Å². The van der Waals surface area contributed by atoms with E-state index >= 15 is 0 Å². The molecule has 0 heterocycles. The number of ether oxygens (including phenoxy) is 6. The van der Waals surface area contributed by atoms with E-state index in [9.17, 15) is 24.3 Å². The molecule has 12 nitrogen and oxygen atoms in total. The van der Waals surface area contributed by atoms with Gasteiger partial charge in [-0.05, 0) is 71.1 Å². The molecule has 0 aromatic heterocycles. The van der Waals surface area contributed by atoms with E-state index in [0.717, 1.165) is 0 Å². The molecule has 0 amide bonds. The fourth-order valence-electron chi connectivity index (χ4n) is 3.24. The van der Waals surface area contributed by atoms with Crippen LogP contribution in [0.4, 0.5) is 14.4 Å². The molecular weight excluding hydrogens is 514 g/mol. The summed E-state index contributed by atoms with van der Waals surface area (Å²) in [4.78, 5) is 48.5. The van der Waals surface area contributed by atoms with E-state index in [-0.39, 0.29) is 18.1 Å². The van der Waals surface area contributed by atoms with Gasteiger partial charge in [0.2, 0.25) is 0 Å². The Morgan fingerprint density at radius 1 is 0.872 bits per heavy atom. The van der Waals surface area contributed by atoms with Crippen molar-refractivity contribution in [1.29, 1.82) is 0 Å². The lowest BCUT2D eigenvalue weighted by Crippen LogP contribution is -2.41. The van der Waals surface area contributed by atoms with Crippen molar-refractivity contribution in [2.45, 2.75) is 98.0 Å². The second-order valence-electron chi connectivity index (χ2n) is 10.2. The van der Waals surface area contributed by atoms with Crippen molar-refractivity contribution in [2.75, 3.05) is 6.61 Å². The number of aliphatic carboxylic acids is 1. The van der Waals surface area contributed by atoms with E-state index in [1.165, 1.54) is 18.2 Å². The first-order valence-electron chi connectivity index (χ1n) is 12.8. The minimum absolute atomic E-state index is 0.159. The monoisotopic (exact) mass is 555 g/mol. The molecule has 0 radical (unpaired) electrons. The van der Waals surface area contributed by atoms with E-state index < -0.39 is 60.1 Å². The largest absolute Gasteiger partial charge is 0.514 e. The third kappa shape index (κ3) is 11.8. The molecule has 0 spiro atoms. The van der Waals surface area contributed by atoms with Crippen LogP contribution in [0.15, 0.2) is 18.2 Å². The lowest BCUT2D eigenvalue weighted by molar-refractivity contribution is -0.139. The Labute approximate surface area is 229 Å². The second kappa shape index (κ2) is 15.2. The van der Waals surface area contributed by atoms with Crippen molar-refractivity contribution < 1.29 is 52.7 Å². The molecule has 0 fully saturated rings. The molecule has 1 aromatic rings. The van der Waals surface area contributed by atoms with Gasteiger partial charge in [0, 0.05) is 5.92 Å². The highest BCUT2D eigenvalue weighted by atomic mass is 16.8. The Morgan fingerprint density at radius 2 is 1.38 bits per heavy atom. The Balaban J connectivity index is 3.36. The van der Waals surface area contributed by atoms with Crippen molar-refractivity contribution >= 4 is 24.4 Å². The van der Waals surface area contributed by atoms with Gasteiger partial charge in [0.25, 0.3) is 0 Å². The summed E-state index contributed by atoms with van der Waals surface area (Å²) in [5.41, 5.74) is 5.56. The lowest BCUT2D eigenvalue weighted by Gasteiger charge is -2.28.